The first-order chi connectivity index (χ1) is 15.6. The summed E-state index contributed by atoms with van der Waals surface area (Å²) in [6, 6.07) is 30.8. The van der Waals surface area contributed by atoms with Crippen molar-refractivity contribution in [1.29, 1.82) is 0 Å². The van der Waals surface area contributed by atoms with Crippen LogP contribution in [0.3, 0.4) is 0 Å². The molecule has 0 spiro atoms. The van der Waals surface area contributed by atoms with Crippen LogP contribution in [0.2, 0.25) is 0 Å². The Morgan fingerprint density at radius 3 is 2.34 bits per heavy atom. The number of thiazole rings is 1. The summed E-state index contributed by atoms with van der Waals surface area (Å²) in [5.41, 5.74) is 3.87. The molecule has 5 aromatic rings. The lowest BCUT2D eigenvalue weighted by molar-refractivity contribution is 0.581. The summed E-state index contributed by atoms with van der Waals surface area (Å²) in [7, 11) is -3.62. The van der Waals surface area contributed by atoms with Crippen LogP contribution in [0.4, 0.5) is 0 Å². The summed E-state index contributed by atoms with van der Waals surface area (Å²) in [6.45, 7) is 0.208. The largest absolute Gasteiger partial charge is 0.240 e. The van der Waals surface area contributed by atoms with Crippen molar-refractivity contribution in [3.8, 4) is 21.8 Å². The van der Waals surface area contributed by atoms with Crippen LogP contribution >= 0.6 is 11.3 Å². The number of fused-ring (bicyclic) bond motifs is 1. The summed E-state index contributed by atoms with van der Waals surface area (Å²) < 4.78 is 28.4. The van der Waals surface area contributed by atoms with Crippen LogP contribution in [-0.2, 0) is 16.6 Å². The maximum atomic E-state index is 12.8. The van der Waals surface area contributed by atoms with Gasteiger partial charge in [0.1, 0.15) is 5.01 Å². The van der Waals surface area contributed by atoms with Gasteiger partial charge in [0.2, 0.25) is 10.0 Å². The molecule has 0 aliphatic carbocycles. The van der Waals surface area contributed by atoms with Gasteiger partial charge in [0.15, 0.2) is 0 Å². The minimum absolute atomic E-state index is 0.208. The molecule has 0 aliphatic heterocycles. The fourth-order valence-electron chi connectivity index (χ4n) is 3.56. The molecule has 4 aromatic carbocycles. The molecule has 0 saturated carbocycles. The van der Waals surface area contributed by atoms with Crippen molar-refractivity contribution in [2.24, 2.45) is 0 Å². The summed E-state index contributed by atoms with van der Waals surface area (Å²) in [5, 5.41) is 4.86. The number of sulfonamides is 1. The number of aromatic nitrogens is 1. The van der Waals surface area contributed by atoms with Crippen LogP contribution in [-0.4, -0.2) is 13.4 Å². The smallest absolute Gasteiger partial charge is 0.236 e. The van der Waals surface area contributed by atoms with Gasteiger partial charge >= 0.3 is 0 Å². The molecular weight excluding hydrogens is 436 g/mol. The Bertz CT molecular complexity index is 1490. The Morgan fingerprint density at radius 2 is 1.50 bits per heavy atom. The molecule has 0 unspecified atom stereocenters. The van der Waals surface area contributed by atoms with Gasteiger partial charge in [0.05, 0.1) is 10.6 Å². The minimum atomic E-state index is -3.62. The molecule has 0 saturated heterocycles. The highest BCUT2D eigenvalue weighted by atomic mass is 32.2. The van der Waals surface area contributed by atoms with E-state index in [1.165, 1.54) is 0 Å². The van der Waals surface area contributed by atoms with E-state index in [4.69, 9.17) is 4.98 Å². The molecule has 0 aliphatic rings. The molecule has 1 heterocycles. The second-order valence-corrected chi connectivity index (χ2v) is 10.1. The molecule has 1 N–H and O–H groups in total. The Balaban J connectivity index is 1.34. The van der Waals surface area contributed by atoms with Crippen LogP contribution in [0.15, 0.2) is 107 Å². The Kier molecular flexibility index (Phi) is 5.57. The van der Waals surface area contributed by atoms with Gasteiger partial charge in [-0.25, -0.2) is 18.1 Å². The lowest BCUT2D eigenvalue weighted by Crippen LogP contribution is -2.23. The van der Waals surface area contributed by atoms with E-state index in [0.29, 0.717) is 0 Å². The van der Waals surface area contributed by atoms with Gasteiger partial charge in [0, 0.05) is 23.1 Å². The molecule has 5 rings (SSSR count). The Morgan fingerprint density at radius 1 is 0.750 bits per heavy atom. The molecule has 0 amide bonds. The SMILES string of the molecule is O=S(=O)(NCc1cccc(-c2nc(-c3ccccc3)cs2)c1)c1ccc2ccccc2c1. The van der Waals surface area contributed by atoms with Crippen molar-refractivity contribution in [3.05, 3.63) is 108 Å². The molecule has 0 fully saturated rings. The number of rotatable bonds is 6. The van der Waals surface area contributed by atoms with Crippen molar-refractivity contribution in [1.82, 2.24) is 9.71 Å². The third-order valence-electron chi connectivity index (χ3n) is 5.25. The molecule has 1 aromatic heterocycles. The van der Waals surface area contributed by atoms with E-state index >= 15 is 0 Å². The number of benzene rings is 4. The predicted octanol–water partition coefficient (Wildman–Crippen LogP) is 6.11. The van der Waals surface area contributed by atoms with Crippen LogP contribution in [0.5, 0.6) is 0 Å². The maximum Gasteiger partial charge on any atom is 0.240 e. The molecule has 32 heavy (non-hydrogen) atoms. The fraction of sp³-hybridized carbons (Fsp3) is 0.0385. The number of hydrogen-bond acceptors (Lipinski definition) is 4. The summed E-state index contributed by atoms with van der Waals surface area (Å²) in [4.78, 5) is 5.02. The normalized spacial score (nSPS) is 11.6. The van der Waals surface area contributed by atoms with Crippen LogP contribution < -0.4 is 4.72 Å². The topological polar surface area (TPSA) is 59.1 Å². The van der Waals surface area contributed by atoms with Crippen LogP contribution in [0.25, 0.3) is 32.6 Å². The second kappa shape index (κ2) is 8.67. The van der Waals surface area contributed by atoms with Crippen molar-refractivity contribution in [2.75, 3.05) is 0 Å². The monoisotopic (exact) mass is 456 g/mol. The highest BCUT2D eigenvalue weighted by Gasteiger charge is 2.15. The van der Waals surface area contributed by atoms with E-state index in [1.54, 1.807) is 23.5 Å². The van der Waals surface area contributed by atoms with E-state index in [-0.39, 0.29) is 11.4 Å². The standard InChI is InChI=1S/C26H20N2O2S2/c29-32(30,24-14-13-20-8-4-5-11-22(20)16-24)27-17-19-7-6-12-23(15-19)26-28-25(18-31-26)21-9-2-1-3-10-21/h1-16,18,27H,17H2. The van der Waals surface area contributed by atoms with E-state index in [2.05, 4.69) is 4.72 Å². The van der Waals surface area contributed by atoms with Crippen molar-refractivity contribution in [2.45, 2.75) is 11.4 Å². The average Bonchev–Trinajstić information content (AvgIpc) is 3.34. The average molecular weight is 457 g/mol. The third-order valence-corrected chi connectivity index (χ3v) is 7.54. The van der Waals surface area contributed by atoms with Gasteiger partial charge in [0.25, 0.3) is 0 Å². The molecule has 0 bridgehead atoms. The Hall–Kier alpha value is -3.32. The van der Waals surface area contributed by atoms with Gasteiger partial charge in [-0.3, -0.25) is 0 Å². The zero-order valence-corrected chi connectivity index (χ0v) is 18.7. The summed E-state index contributed by atoms with van der Waals surface area (Å²) in [5.74, 6) is 0. The first kappa shape index (κ1) is 20.6. The van der Waals surface area contributed by atoms with Gasteiger partial charge in [-0.05, 0) is 34.5 Å². The fourth-order valence-corrected chi connectivity index (χ4v) is 5.44. The number of nitrogens with zero attached hydrogens (tertiary/aromatic N) is 1. The summed E-state index contributed by atoms with van der Waals surface area (Å²) in [6.07, 6.45) is 0. The zero-order chi connectivity index (χ0) is 22.0. The van der Waals surface area contributed by atoms with Crippen molar-refractivity contribution in [3.63, 3.8) is 0 Å². The summed E-state index contributed by atoms with van der Waals surface area (Å²) >= 11 is 1.58. The van der Waals surface area contributed by atoms with E-state index in [9.17, 15) is 8.42 Å². The van der Waals surface area contributed by atoms with Gasteiger partial charge in [-0.15, -0.1) is 11.3 Å². The van der Waals surface area contributed by atoms with E-state index in [1.807, 2.05) is 90.3 Å². The Labute approximate surface area is 191 Å². The second-order valence-electron chi connectivity index (χ2n) is 7.44. The van der Waals surface area contributed by atoms with Gasteiger partial charge in [-0.1, -0.05) is 78.9 Å². The zero-order valence-electron chi connectivity index (χ0n) is 17.1. The maximum absolute atomic E-state index is 12.8. The van der Waals surface area contributed by atoms with Gasteiger partial charge < -0.3 is 0 Å². The first-order valence-corrected chi connectivity index (χ1v) is 12.5. The lowest BCUT2D eigenvalue weighted by Gasteiger charge is -2.09. The molecule has 4 nitrogen and oxygen atoms in total. The number of hydrogen-bond donors (Lipinski definition) is 1. The van der Waals surface area contributed by atoms with E-state index in [0.717, 1.165) is 38.2 Å². The van der Waals surface area contributed by atoms with Crippen LogP contribution in [0.1, 0.15) is 5.56 Å². The van der Waals surface area contributed by atoms with Crippen molar-refractivity contribution >= 4 is 32.1 Å². The molecule has 0 radical (unpaired) electrons. The molecule has 6 heteroatoms. The van der Waals surface area contributed by atoms with Gasteiger partial charge in [-0.2, -0.15) is 0 Å². The van der Waals surface area contributed by atoms with Crippen molar-refractivity contribution < 1.29 is 8.42 Å². The lowest BCUT2D eigenvalue weighted by atomic mass is 10.1. The number of nitrogens with one attached hydrogen (secondary N) is 1. The van der Waals surface area contributed by atoms with Crippen LogP contribution in [0, 0.1) is 0 Å². The molecular formula is C26H20N2O2S2. The van der Waals surface area contributed by atoms with E-state index < -0.39 is 10.0 Å². The predicted molar refractivity (Wildman–Crippen MR) is 131 cm³/mol. The highest BCUT2D eigenvalue weighted by Crippen LogP contribution is 2.29. The first-order valence-electron chi connectivity index (χ1n) is 10.2. The minimum Gasteiger partial charge on any atom is -0.236 e. The quantitative estimate of drug-likeness (QED) is 0.335. The highest BCUT2D eigenvalue weighted by molar-refractivity contribution is 7.89. The molecule has 158 valence electrons. The molecule has 0 atom stereocenters. The third kappa shape index (κ3) is 4.34.